The summed E-state index contributed by atoms with van der Waals surface area (Å²) in [5.74, 6) is -3.83. The molecule has 3 saturated heterocycles. The zero-order chi connectivity index (χ0) is 53.3. The molecule has 0 saturated carbocycles. The van der Waals surface area contributed by atoms with Gasteiger partial charge in [-0.1, -0.05) is 38.1 Å². The molecule has 72 heavy (non-hydrogen) atoms. The van der Waals surface area contributed by atoms with Gasteiger partial charge in [-0.25, -0.2) is 9.59 Å². The largest absolute Gasteiger partial charge is 0.458 e. The quantitative estimate of drug-likeness (QED) is 0.0619. The molecule has 1 aromatic heterocycles. The highest BCUT2D eigenvalue weighted by Crippen LogP contribution is 2.37. The molecule has 0 bridgehead atoms. The lowest BCUT2D eigenvalue weighted by atomic mass is 9.78. The SMILES string of the molecule is CC[C@H]1OC(=O)[C@H](C)C(=O)[C@H](C)[C@@H](O[C@@H]2O[C@H](CNC(=O)CNC(C)(C)C)CC(N)C2O)[C@](C)(OC)C[C@@H](C)CN[C@H](C)[C@@H]2[C@@H]1OC(=O)N2CCCCn1cc(-c2cccc(NC(=O)OC(C)(C)C)c2)nn1. The van der Waals surface area contributed by atoms with Crippen LogP contribution in [0.25, 0.3) is 11.3 Å². The zero-order valence-corrected chi connectivity index (χ0v) is 44.7. The summed E-state index contributed by atoms with van der Waals surface area (Å²) < 4.78 is 38.4. The Labute approximate surface area is 425 Å². The topological polar surface area (TPSA) is 269 Å². The number of aliphatic hydroxyl groups is 1. The molecule has 3 aliphatic heterocycles. The fourth-order valence-corrected chi connectivity index (χ4v) is 9.58. The second kappa shape index (κ2) is 25.0. The number of aryl methyl sites for hydroxylation is 1. The van der Waals surface area contributed by atoms with E-state index in [0.29, 0.717) is 56.7 Å². The van der Waals surface area contributed by atoms with Crippen LogP contribution in [0.1, 0.15) is 115 Å². The lowest BCUT2D eigenvalue weighted by Gasteiger charge is -2.45. The maximum Gasteiger partial charge on any atom is 0.412 e. The summed E-state index contributed by atoms with van der Waals surface area (Å²) in [7, 11) is 1.53. The van der Waals surface area contributed by atoms with Crippen LogP contribution in [0.5, 0.6) is 0 Å². The number of methoxy groups -OCH3 is 1. The van der Waals surface area contributed by atoms with Gasteiger partial charge in [-0.15, -0.1) is 5.10 Å². The Morgan fingerprint density at radius 1 is 1.04 bits per heavy atom. The second-order valence-corrected chi connectivity index (χ2v) is 22.1. The summed E-state index contributed by atoms with van der Waals surface area (Å²) in [6.07, 6.45) is -3.05. The summed E-state index contributed by atoms with van der Waals surface area (Å²) in [5, 5.41) is 32.4. The van der Waals surface area contributed by atoms with Crippen LogP contribution in [0, 0.1) is 17.8 Å². The fraction of sp³-hybridized carbons (Fsp3) is 0.745. The predicted molar refractivity (Wildman–Crippen MR) is 268 cm³/mol. The molecule has 0 spiro atoms. The van der Waals surface area contributed by atoms with Crippen LogP contribution in [-0.4, -0.2) is 160 Å². The minimum absolute atomic E-state index is 0.0979. The van der Waals surface area contributed by atoms with E-state index in [1.54, 1.807) is 49.4 Å². The van der Waals surface area contributed by atoms with Crippen molar-refractivity contribution >= 4 is 35.5 Å². The maximum atomic E-state index is 14.5. The van der Waals surface area contributed by atoms with Gasteiger partial charge in [0.25, 0.3) is 0 Å². The number of Topliss-reactive ketones (excluding diaryl/α,β-unsaturated/α-hetero) is 1. The van der Waals surface area contributed by atoms with Gasteiger partial charge < -0.3 is 55.2 Å². The number of carbonyl (C=O) groups is 5. The molecular formula is C51H83N9O12. The van der Waals surface area contributed by atoms with E-state index in [1.807, 2.05) is 66.8 Å². The Bertz CT molecular complexity index is 2150. The van der Waals surface area contributed by atoms with Crippen LogP contribution in [0.4, 0.5) is 15.3 Å². The number of ether oxygens (including phenoxy) is 6. The number of carbonyl (C=O) groups excluding carboxylic acids is 5. The maximum absolute atomic E-state index is 14.5. The van der Waals surface area contributed by atoms with Crippen molar-refractivity contribution < 1.29 is 57.5 Å². The standard InChI is InChI=1S/C51H83N9O12/c1-14-38-43-40(60(48(66)70-43)21-16-15-20-59-28-37(57-58-59)33-18-17-19-34(22-33)56-47(65)72-50(9,10)11)32(5)53-25-29(2)24-51(12,67-13)44(30(3)41(62)31(4)45(64)69-38)71-46-42(63)36(52)23-35(68-46)26-54-39(61)27-55-49(6,7)8/h17-19,22,28-32,35-36,38,40,42-44,46,53,55,63H,14-16,20-21,23-27,52H2,1-13H3,(H,54,61)(H,56,65)/t29-,30+,31-,32-,35+,36?,38-,40-,42?,43-,44-,46+,51-/m1/s1. The summed E-state index contributed by atoms with van der Waals surface area (Å²) in [5.41, 5.74) is 6.31. The first-order chi connectivity index (χ1) is 33.7. The first-order valence-corrected chi connectivity index (χ1v) is 25.5. The van der Waals surface area contributed by atoms with Gasteiger partial charge in [0.1, 0.15) is 29.4 Å². The number of nitrogens with two attached hydrogens (primary N) is 1. The summed E-state index contributed by atoms with van der Waals surface area (Å²) in [6.45, 7) is 23.6. The van der Waals surface area contributed by atoms with Gasteiger partial charge in [-0.05, 0) is 119 Å². The van der Waals surface area contributed by atoms with E-state index in [1.165, 1.54) is 14.0 Å². The van der Waals surface area contributed by atoms with Gasteiger partial charge in [-0.3, -0.25) is 29.3 Å². The number of rotatable bonds is 15. The second-order valence-electron chi connectivity index (χ2n) is 22.1. The summed E-state index contributed by atoms with van der Waals surface area (Å²) in [4.78, 5) is 69.0. The minimum atomic E-state index is -1.30. The molecule has 3 fully saturated rings. The third-order valence-electron chi connectivity index (χ3n) is 13.6. The number of esters is 1. The lowest BCUT2D eigenvalue weighted by molar-refractivity contribution is -0.290. The Balaban J connectivity index is 1.29. The number of aliphatic hydroxyl groups excluding tert-OH is 1. The average molecular weight is 1010 g/mol. The number of ketones is 1. The molecule has 21 heteroatoms. The number of hydrogen-bond acceptors (Lipinski definition) is 17. The number of fused-ring (bicyclic) bond motifs is 1. The number of cyclic esters (lactones) is 1. The number of amides is 3. The number of unbranched alkanes of at least 4 members (excludes halogenated alkanes) is 1. The van der Waals surface area contributed by atoms with E-state index >= 15 is 0 Å². The van der Waals surface area contributed by atoms with E-state index in [0.717, 1.165) is 5.56 Å². The minimum Gasteiger partial charge on any atom is -0.458 e. The number of hydrogen-bond donors (Lipinski definition) is 6. The Kier molecular flexibility index (Phi) is 20.2. The van der Waals surface area contributed by atoms with Gasteiger partial charge in [-0.2, -0.15) is 0 Å². The summed E-state index contributed by atoms with van der Waals surface area (Å²) >= 11 is 0. The van der Waals surface area contributed by atoms with E-state index in [9.17, 15) is 29.1 Å². The highest BCUT2D eigenvalue weighted by atomic mass is 16.7. The number of benzene rings is 1. The molecule has 1 aromatic carbocycles. The number of nitrogens with one attached hydrogen (secondary N) is 4. The van der Waals surface area contributed by atoms with Gasteiger partial charge in [0.15, 0.2) is 18.2 Å². The first-order valence-electron chi connectivity index (χ1n) is 25.5. The van der Waals surface area contributed by atoms with Crippen LogP contribution in [0.2, 0.25) is 0 Å². The van der Waals surface area contributed by atoms with E-state index in [2.05, 4.69) is 31.6 Å². The molecule has 3 aliphatic rings. The molecular weight excluding hydrogens is 931 g/mol. The third-order valence-corrected chi connectivity index (χ3v) is 13.6. The molecule has 5 rings (SSSR count). The molecule has 2 unspecified atom stereocenters. The molecule has 21 nitrogen and oxygen atoms in total. The van der Waals surface area contributed by atoms with Crippen molar-refractivity contribution in [2.24, 2.45) is 23.5 Å². The van der Waals surface area contributed by atoms with Crippen molar-refractivity contribution in [3.05, 3.63) is 30.5 Å². The monoisotopic (exact) mass is 1010 g/mol. The van der Waals surface area contributed by atoms with Crippen LogP contribution in [0.3, 0.4) is 0 Å². The van der Waals surface area contributed by atoms with E-state index in [-0.39, 0.29) is 42.9 Å². The molecule has 7 N–H and O–H groups in total. The Hall–Kier alpha value is -4.77. The van der Waals surface area contributed by atoms with Crippen molar-refractivity contribution in [2.75, 3.05) is 38.6 Å². The fourth-order valence-electron chi connectivity index (χ4n) is 9.58. The Morgan fingerprint density at radius 2 is 1.75 bits per heavy atom. The molecule has 0 radical (unpaired) electrons. The smallest absolute Gasteiger partial charge is 0.412 e. The van der Waals surface area contributed by atoms with Crippen LogP contribution >= 0.6 is 0 Å². The highest BCUT2D eigenvalue weighted by molar-refractivity contribution is 6.00. The normalized spacial score (nSPS) is 31.2. The number of aromatic nitrogens is 3. The molecule has 3 amide bonds. The summed E-state index contributed by atoms with van der Waals surface area (Å²) in [6, 6.07) is 5.59. The molecule has 2 aromatic rings. The third kappa shape index (κ3) is 15.9. The van der Waals surface area contributed by atoms with Gasteiger partial charge in [0.2, 0.25) is 5.91 Å². The van der Waals surface area contributed by atoms with Crippen molar-refractivity contribution in [1.29, 1.82) is 0 Å². The average Bonchev–Trinajstić information content (AvgIpc) is 3.92. The number of nitrogens with zero attached hydrogens (tertiary/aromatic N) is 4. The van der Waals surface area contributed by atoms with Crippen LogP contribution in [0.15, 0.2) is 30.5 Å². The molecule has 13 atom stereocenters. The van der Waals surface area contributed by atoms with Crippen molar-refractivity contribution in [3.8, 4) is 11.3 Å². The zero-order valence-electron chi connectivity index (χ0n) is 44.7. The predicted octanol–water partition coefficient (Wildman–Crippen LogP) is 4.54. The molecule has 0 aliphatic carbocycles. The van der Waals surface area contributed by atoms with Gasteiger partial charge in [0.05, 0.1) is 36.6 Å². The molecule has 4 heterocycles. The van der Waals surface area contributed by atoms with Gasteiger partial charge in [0, 0.05) is 61.5 Å². The van der Waals surface area contributed by atoms with Crippen molar-refractivity contribution in [3.63, 3.8) is 0 Å². The van der Waals surface area contributed by atoms with Crippen molar-refractivity contribution in [2.45, 2.75) is 193 Å². The first kappa shape index (κ1) is 58.1. The Morgan fingerprint density at radius 3 is 2.42 bits per heavy atom. The van der Waals surface area contributed by atoms with Crippen LogP contribution < -0.4 is 27.0 Å². The molecule has 404 valence electrons. The van der Waals surface area contributed by atoms with Crippen LogP contribution in [-0.2, 0) is 49.3 Å². The lowest BCUT2D eigenvalue weighted by Crippen LogP contribution is -2.60. The van der Waals surface area contributed by atoms with Crippen molar-refractivity contribution in [1.82, 2.24) is 35.8 Å². The number of anilines is 1. The highest BCUT2D eigenvalue weighted by Gasteiger charge is 2.52. The van der Waals surface area contributed by atoms with Gasteiger partial charge >= 0.3 is 18.2 Å². The van der Waals surface area contributed by atoms with E-state index < -0.39 is 95.9 Å². The van der Waals surface area contributed by atoms with E-state index in [4.69, 9.17) is 34.2 Å².